The van der Waals surface area contributed by atoms with E-state index >= 15 is 0 Å². The van der Waals surface area contributed by atoms with Crippen LogP contribution in [0.3, 0.4) is 0 Å². The van der Waals surface area contributed by atoms with Gasteiger partial charge in [-0.3, -0.25) is 4.90 Å². The van der Waals surface area contributed by atoms with Gasteiger partial charge in [-0.15, -0.1) is 0 Å². The maximum absolute atomic E-state index is 13.2. The van der Waals surface area contributed by atoms with Crippen LogP contribution in [0.2, 0.25) is 10.2 Å². The number of alkyl halides is 2. The molecule has 1 aromatic carbocycles. The van der Waals surface area contributed by atoms with Gasteiger partial charge in [0.2, 0.25) is 0 Å². The number of benzene rings is 1. The molecule has 1 fully saturated rings. The number of hydrogen-bond acceptors (Lipinski definition) is 4. The zero-order chi connectivity index (χ0) is 18.0. The van der Waals surface area contributed by atoms with E-state index in [1.807, 2.05) is 0 Å². The Balaban J connectivity index is 1.64. The first-order valence-corrected chi connectivity index (χ1v) is 8.70. The zero-order valence-corrected chi connectivity index (χ0v) is 15.2. The van der Waals surface area contributed by atoms with Gasteiger partial charge in [-0.05, 0) is 18.6 Å². The fourth-order valence-corrected chi connectivity index (χ4v) is 3.41. The van der Waals surface area contributed by atoms with E-state index < -0.39 is 5.92 Å². The van der Waals surface area contributed by atoms with Crippen LogP contribution in [0.15, 0.2) is 18.2 Å². The second kappa shape index (κ2) is 7.48. The van der Waals surface area contributed by atoms with Gasteiger partial charge in [0.1, 0.15) is 5.15 Å². The van der Waals surface area contributed by atoms with E-state index in [9.17, 15) is 8.78 Å². The van der Waals surface area contributed by atoms with Gasteiger partial charge in [0.15, 0.2) is 11.5 Å². The van der Waals surface area contributed by atoms with Crippen molar-refractivity contribution in [2.75, 3.05) is 33.4 Å². The number of methoxy groups -OCH3 is 1. The number of rotatable bonds is 6. The number of halogens is 4. The third-order valence-corrected chi connectivity index (χ3v) is 4.64. The third-order valence-electron chi connectivity index (χ3n) is 4.14. The van der Waals surface area contributed by atoms with Crippen LogP contribution in [-0.2, 0) is 0 Å². The molecule has 0 aliphatic carbocycles. The quantitative estimate of drug-likeness (QED) is 0.530. The predicted octanol–water partition coefficient (Wildman–Crippen LogP) is 4.66. The van der Waals surface area contributed by atoms with Crippen molar-refractivity contribution in [3.05, 3.63) is 28.4 Å². The molecule has 2 aromatic rings. The molecular formula is C17H18Cl2F2N2O2. The van der Waals surface area contributed by atoms with Gasteiger partial charge >= 0.3 is 0 Å². The minimum Gasteiger partial charge on any atom is -0.493 e. The lowest BCUT2D eigenvalue weighted by Crippen LogP contribution is -2.27. The first kappa shape index (κ1) is 18.4. The van der Waals surface area contributed by atoms with Crippen molar-refractivity contribution in [2.45, 2.75) is 18.8 Å². The van der Waals surface area contributed by atoms with Gasteiger partial charge in [-0.1, -0.05) is 23.2 Å². The van der Waals surface area contributed by atoms with Crippen molar-refractivity contribution in [1.82, 2.24) is 9.88 Å². The Morgan fingerprint density at radius 1 is 1.24 bits per heavy atom. The Morgan fingerprint density at radius 3 is 2.72 bits per heavy atom. The zero-order valence-electron chi connectivity index (χ0n) is 13.7. The van der Waals surface area contributed by atoms with E-state index in [0.29, 0.717) is 53.3 Å². The molecule has 8 heteroatoms. The molecule has 4 nitrogen and oxygen atoms in total. The Labute approximate surface area is 154 Å². The smallest absolute Gasteiger partial charge is 0.261 e. The summed E-state index contributed by atoms with van der Waals surface area (Å²) in [6.07, 6.45) is 0.570. The standard InChI is InChI=1S/C17H18Cl2F2N2O2/c1-24-14-7-11-12(18)8-16(19)22-13(11)9-15(14)25-6-2-4-23-5-3-17(20,21)10-23/h7-9H,2-6,10H2,1H3. The molecule has 0 unspecified atom stereocenters. The number of aromatic nitrogens is 1. The van der Waals surface area contributed by atoms with Gasteiger partial charge in [0.25, 0.3) is 5.92 Å². The second-order valence-electron chi connectivity index (χ2n) is 6.03. The van der Waals surface area contributed by atoms with Crippen LogP contribution in [0, 0.1) is 0 Å². The molecule has 0 amide bonds. The van der Waals surface area contributed by atoms with Crippen LogP contribution >= 0.6 is 23.2 Å². The van der Waals surface area contributed by atoms with Gasteiger partial charge in [0, 0.05) is 31.0 Å². The summed E-state index contributed by atoms with van der Waals surface area (Å²) in [5, 5.41) is 1.49. The molecule has 3 rings (SSSR count). The molecular weight excluding hydrogens is 373 g/mol. The van der Waals surface area contributed by atoms with E-state index in [1.165, 1.54) is 7.11 Å². The Kier molecular flexibility index (Phi) is 5.51. The fraction of sp³-hybridized carbons (Fsp3) is 0.471. The molecule has 0 N–H and O–H groups in total. The summed E-state index contributed by atoms with van der Waals surface area (Å²) >= 11 is 12.1. The number of pyridine rings is 1. The van der Waals surface area contributed by atoms with Crippen LogP contribution in [0.25, 0.3) is 10.9 Å². The lowest BCUT2D eigenvalue weighted by molar-refractivity contribution is 0.0118. The molecule has 25 heavy (non-hydrogen) atoms. The Hall–Kier alpha value is -1.37. The molecule has 0 spiro atoms. The van der Waals surface area contributed by atoms with Crippen molar-refractivity contribution >= 4 is 34.1 Å². The molecule has 1 aliphatic rings. The van der Waals surface area contributed by atoms with E-state index in [2.05, 4.69) is 4.98 Å². The Morgan fingerprint density at radius 2 is 2.04 bits per heavy atom. The van der Waals surface area contributed by atoms with Crippen molar-refractivity contribution < 1.29 is 18.3 Å². The summed E-state index contributed by atoms with van der Waals surface area (Å²) in [4.78, 5) is 5.99. The molecule has 0 atom stereocenters. The van der Waals surface area contributed by atoms with E-state index in [4.69, 9.17) is 32.7 Å². The summed E-state index contributed by atoms with van der Waals surface area (Å²) in [6.45, 7) is 1.21. The van der Waals surface area contributed by atoms with Gasteiger partial charge in [-0.2, -0.15) is 0 Å². The minimum atomic E-state index is -2.56. The van der Waals surface area contributed by atoms with Crippen LogP contribution in [0.1, 0.15) is 12.8 Å². The van der Waals surface area contributed by atoms with Crippen molar-refractivity contribution in [2.24, 2.45) is 0 Å². The van der Waals surface area contributed by atoms with E-state index in [-0.39, 0.29) is 13.0 Å². The van der Waals surface area contributed by atoms with Crippen molar-refractivity contribution in [3.63, 3.8) is 0 Å². The van der Waals surface area contributed by atoms with Crippen LogP contribution < -0.4 is 9.47 Å². The van der Waals surface area contributed by atoms with E-state index in [1.54, 1.807) is 23.1 Å². The highest BCUT2D eigenvalue weighted by molar-refractivity contribution is 6.37. The number of hydrogen-bond donors (Lipinski definition) is 0. The summed E-state index contributed by atoms with van der Waals surface area (Å²) in [7, 11) is 1.54. The molecule has 0 bridgehead atoms. The normalized spacial score (nSPS) is 17.2. The lowest BCUT2D eigenvalue weighted by Gasteiger charge is -2.16. The first-order valence-electron chi connectivity index (χ1n) is 7.95. The second-order valence-corrected chi connectivity index (χ2v) is 6.83. The lowest BCUT2D eigenvalue weighted by atomic mass is 10.2. The number of fused-ring (bicyclic) bond motifs is 1. The van der Waals surface area contributed by atoms with Crippen LogP contribution in [-0.4, -0.2) is 49.2 Å². The number of ether oxygens (including phenoxy) is 2. The highest BCUT2D eigenvalue weighted by atomic mass is 35.5. The average Bonchev–Trinajstić information content (AvgIpc) is 2.90. The van der Waals surface area contributed by atoms with Crippen LogP contribution in [0.5, 0.6) is 11.5 Å². The van der Waals surface area contributed by atoms with Crippen molar-refractivity contribution in [3.8, 4) is 11.5 Å². The SMILES string of the molecule is COc1cc2c(Cl)cc(Cl)nc2cc1OCCCN1CCC(F)(F)C1. The first-order chi connectivity index (χ1) is 11.9. The molecule has 136 valence electrons. The summed E-state index contributed by atoms with van der Waals surface area (Å²) in [5.41, 5.74) is 0.604. The minimum absolute atomic E-state index is 0.0699. The number of likely N-dealkylation sites (tertiary alicyclic amines) is 1. The molecule has 2 heterocycles. The predicted molar refractivity (Wildman–Crippen MR) is 94.4 cm³/mol. The van der Waals surface area contributed by atoms with Gasteiger partial charge in [0.05, 0.1) is 30.8 Å². The summed E-state index contributed by atoms with van der Waals surface area (Å²) < 4.78 is 37.4. The topological polar surface area (TPSA) is 34.6 Å². The third kappa shape index (κ3) is 4.43. The van der Waals surface area contributed by atoms with Crippen LogP contribution in [0.4, 0.5) is 8.78 Å². The van der Waals surface area contributed by atoms with Gasteiger partial charge < -0.3 is 9.47 Å². The molecule has 0 saturated carbocycles. The van der Waals surface area contributed by atoms with E-state index in [0.717, 1.165) is 5.39 Å². The summed E-state index contributed by atoms with van der Waals surface area (Å²) in [5.74, 6) is -1.51. The highest BCUT2D eigenvalue weighted by Gasteiger charge is 2.37. The van der Waals surface area contributed by atoms with Crippen molar-refractivity contribution in [1.29, 1.82) is 0 Å². The average molecular weight is 391 g/mol. The molecule has 1 aliphatic heterocycles. The maximum Gasteiger partial charge on any atom is 0.261 e. The summed E-state index contributed by atoms with van der Waals surface area (Å²) in [6, 6.07) is 5.03. The number of nitrogens with zero attached hydrogens (tertiary/aromatic N) is 2. The highest BCUT2D eigenvalue weighted by Crippen LogP contribution is 2.35. The largest absolute Gasteiger partial charge is 0.493 e. The Bertz CT molecular complexity index is 774. The molecule has 1 aromatic heterocycles. The van der Waals surface area contributed by atoms with Gasteiger partial charge in [-0.25, -0.2) is 13.8 Å². The molecule has 1 saturated heterocycles. The maximum atomic E-state index is 13.2. The monoisotopic (exact) mass is 390 g/mol. The molecule has 0 radical (unpaired) electrons. The fourth-order valence-electron chi connectivity index (χ4n) is 2.90.